The van der Waals surface area contributed by atoms with Crippen molar-refractivity contribution in [3.8, 4) is 0 Å². The first-order chi connectivity index (χ1) is 13.2. The second-order valence-electron chi connectivity index (χ2n) is 7.74. The van der Waals surface area contributed by atoms with Crippen LogP contribution in [0, 0.1) is 0 Å². The van der Waals surface area contributed by atoms with Crippen LogP contribution >= 0.6 is 0 Å². The first-order valence-corrected chi connectivity index (χ1v) is 10.5. The van der Waals surface area contributed by atoms with Crippen molar-refractivity contribution in [1.29, 1.82) is 0 Å². The number of rotatable bonds is 9. The van der Waals surface area contributed by atoms with Crippen LogP contribution in [0.5, 0.6) is 0 Å². The van der Waals surface area contributed by atoms with E-state index >= 15 is 0 Å². The monoisotopic (exact) mass is 370 g/mol. The molecule has 0 N–H and O–H groups in total. The molecule has 0 bridgehead atoms. The molecule has 0 saturated carbocycles. The van der Waals surface area contributed by atoms with Gasteiger partial charge in [0, 0.05) is 37.4 Å². The van der Waals surface area contributed by atoms with Crippen LogP contribution in [-0.2, 0) is 11.2 Å². The molecule has 4 heteroatoms. The number of carbonyl (C=O) groups excluding carboxylic acids is 1. The fourth-order valence-corrected chi connectivity index (χ4v) is 4.59. The van der Waals surface area contributed by atoms with E-state index in [4.69, 9.17) is 4.74 Å². The van der Waals surface area contributed by atoms with Gasteiger partial charge in [-0.1, -0.05) is 26.3 Å². The van der Waals surface area contributed by atoms with Gasteiger partial charge in [-0.2, -0.15) is 0 Å². The molecule has 3 rings (SSSR count). The number of hydrogen-bond acceptors (Lipinski definition) is 4. The molecule has 4 nitrogen and oxygen atoms in total. The maximum absolute atomic E-state index is 13.7. The lowest BCUT2D eigenvalue weighted by Crippen LogP contribution is -2.57. The first-order valence-electron chi connectivity index (χ1n) is 10.5. The summed E-state index contributed by atoms with van der Waals surface area (Å²) in [5.74, 6) is 0.238. The summed E-state index contributed by atoms with van der Waals surface area (Å²) < 4.78 is 5.52. The summed E-state index contributed by atoms with van der Waals surface area (Å²) in [5.41, 5.74) is 2.99. The number of Topliss-reactive ketones (excluding diaryl/α,β-unsaturated/α-hetero) is 1. The Morgan fingerprint density at radius 2 is 2.04 bits per heavy atom. The molecule has 0 spiro atoms. The molecule has 0 amide bonds. The number of unbranched alkanes of at least 4 members (excludes halogenated alkanes) is 1. The first kappa shape index (κ1) is 20.1. The Hall–Kier alpha value is -1.65. The maximum atomic E-state index is 13.7. The summed E-state index contributed by atoms with van der Waals surface area (Å²) in [7, 11) is 0. The highest BCUT2D eigenvalue weighted by atomic mass is 16.5. The van der Waals surface area contributed by atoms with E-state index in [1.54, 1.807) is 0 Å². The van der Waals surface area contributed by atoms with Crippen molar-refractivity contribution >= 4 is 11.5 Å². The molecule has 0 aromatic heterocycles. The van der Waals surface area contributed by atoms with Gasteiger partial charge in [0.05, 0.1) is 18.8 Å². The van der Waals surface area contributed by atoms with E-state index in [1.807, 2.05) is 12.1 Å². The summed E-state index contributed by atoms with van der Waals surface area (Å²) in [4.78, 5) is 18.5. The number of fused-ring (bicyclic) bond motifs is 1. The SMILES string of the molecule is C=CCC(CC)(C(=O)c1ccc2c(c1)CCN2CCCC)N1CCOCC1. The fourth-order valence-electron chi connectivity index (χ4n) is 4.59. The summed E-state index contributed by atoms with van der Waals surface area (Å²) in [6.45, 7) is 13.5. The van der Waals surface area contributed by atoms with Gasteiger partial charge >= 0.3 is 0 Å². The largest absolute Gasteiger partial charge is 0.379 e. The molecule has 0 aliphatic carbocycles. The summed E-state index contributed by atoms with van der Waals surface area (Å²) >= 11 is 0. The quantitative estimate of drug-likeness (QED) is 0.484. The van der Waals surface area contributed by atoms with Gasteiger partial charge in [-0.25, -0.2) is 0 Å². The van der Waals surface area contributed by atoms with Crippen molar-refractivity contribution in [2.24, 2.45) is 0 Å². The molecule has 1 unspecified atom stereocenters. The minimum atomic E-state index is -0.500. The molecule has 1 saturated heterocycles. The average Bonchev–Trinajstić information content (AvgIpc) is 3.13. The van der Waals surface area contributed by atoms with Gasteiger partial charge in [-0.3, -0.25) is 9.69 Å². The second-order valence-corrected chi connectivity index (χ2v) is 7.74. The minimum Gasteiger partial charge on any atom is -0.379 e. The lowest BCUT2D eigenvalue weighted by atomic mass is 9.81. The van der Waals surface area contributed by atoms with E-state index in [-0.39, 0.29) is 5.78 Å². The highest BCUT2D eigenvalue weighted by molar-refractivity contribution is 6.04. The van der Waals surface area contributed by atoms with Crippen LogP contribution in [0.2, 0.25) is 0 Å². The zero-order valence-corrected chi connectivity index (χ0v) is 17.0. The van der Waals surface area contributed by atoms with Gasteiger partial charge < -0.3 is 9.64 Å². The normalized spacial score (nSPS) is 19.6. The van der Waals surface area contributed by atoms with E-state index in [1.165, 1.54) is 24.1 Å². The lowest BCUT2D eigenvalue weighted by molar-refractivity contribution is -0.0154. The molecule has 1 fully saturated rings. The molecule has 27 heavy (non-hydrogen) atoms. The fraction of sp³-hybridized carbons (Fsp3) is 0.609. The van der Waals surface area contributed by atoms with E-state index < -0.39 is 5.54 Å². The molecule has 148 valence electrons. The second kappa shape index (κ2) is 9.03. The molecule has 0 radical (unpaired) electrons. The van der Waals surface area contributed by atoms with Crippen molar-refractivity contribution in [2.75, 3.05) is 44.3 Å². The molecule has 1 atom stereocenters. The standard InChI is InChI=1S/C23H34N2O2/c1-4-7-12-24-13-10-19-18-20(8-9-21(19)24)22(26)23(6-3,11-5-2)25-14-16-27-17-15-25/h5,8-9,18H,2,4,6-7,10-17H2,1,3H3. The molecular weight excluding hydrogens is 336 g/mol. The molecule has 1 aromatic rings. The van der Waals surface area contributed by atoms with Gasteiger partial charge in [0.1, 0.15) is 0 Å². The van der Waals surface area contributed by atoms with Crippen LogP contribution in [0.25, 0.3) is 0 Å². The van der Waals surface area contributed by atoms with Crippen molar-refractivity contribution in [2.45, 2.75) is 51.5 Å². The minimum absolute atomic E-state index is 0.238. The topological polar surface area (TPSA) is 32.8 Å². The van der Waals surface area contributed by atoms with Crippen LogP contribution < -0.4 is 4.90 Å². The highest BCUT2D eigenvalue weighted by Gasteiger charge is 2.42. The van der Waals surface area contributed by atoms with Crippen LogP contribution in [0.15, 0.2) is 30.9 Å². The number of ether oxygens (including phenoxy) is 1. The van der Waals surface area contributed by atoms with E-state index in [0.717, 1.165) is 44.6 Å². The Labute approximate surface area is 164 Å². The molecule has 2 aliphatic heterocycles. The summed E-state index contributed by atoms with van der Waals surface area (Å²) in [6.07, 6.45) is 6.84. The van der Waals surface area contributed by atoms with Crippen LogP contribution in [0.3, 0.4) is 0 Å². The summed E-state index contributed by atoms with van der Waals surface area (Å²) in [5, 5.41) is 0. The van der Waals surface area contributed by atoms with Gasteiger partial charge in [0.25, 0.3) is 0 Å². The van der Waals surface area contributed by atoms with Gasteiger partial charge in [-0.05, 0) is 49.4 Å². The number of carbonyl (C=O) groups is 1. The third kappa shape index (κ3) is 3.97. The molecule has 2 aliphatic rings. The highest BCUT2D eigenvalue weighted by Crippen LogP contribution is 2.34. The van der Waals surface area contributed by atoms with Crippen LogP contribution in [0.1, 0.15) is 55.5 Å². The van der Waals surface area contributed by atoms with E-state index in [0.29, 0.717) is 19.6 Å². The van der Waals surface area contributed by atoms with Gasteiger partial charge in [-0.15, -0.1) is 6.58 Å². The lowest BCUT2D eigenvalue weighted by Gasteiger charge is -2.43. The van der Waals surface area contributed by atoms with Crippen molar-refractivity contribution in [3.05, 3.63) is 42.0 Å². The van der Waals surface area contributed by atoms with Gasteiger partial charge in [0.15, 0.2) is 5.78 Å². The number of ketones is 1. The number of anilines is 1. The Bertz CT molecular complexity index is 666. The molecular formula is C23H34N2O2. The van der Waals surface area contributed by atoms with E-state index in [2.05, 4.69) is 42.4 Å². The Morgan fingerprint density at radius 1 is 1.26 bits per heavy atom. The Kier molecular flexibility index (Phi) is 6.72. The summed E-state index contributed by atoms with van der Waals surface area (Å²) in [6, 6.07) is 6.36. The predicted octanol–water partition coefficient (Wildman–Crippen LogP) is 4.09. The molecule has 2 heterocycles. The van der Waals surface area contributed by atoms with E-state index in [9.17, 15) is 4.79 Å². The van der Waals surface area contributed by atoms with Crippen molar-refractivity contribution in [3.63, 3.8) is 0 Å². The number of benzene rings is 1. The Morgan fingerprint density at radius 3 is 2.70 bits per heavy atom. The zero-order chi connectivity index (χ0) is 19.3. The third-order valence-corrected chi connectivity index (χ3v) is 6.22. The maximum Gasteiger partial charge on any atom is 0.183 e. The van der Waals surface area contributed by atoms with Crippen LogP contribution in [-0.4, -0.2) is 55.6 Å². The van der Waals surface area contributed by atoms with Crippen LogP contribution in [0.4, 0.5) is 5.69 Å². The van der Waals surface area contributed by atoms with Crippen molar-refractivity contribution < 1.29 is 9.53 Å². The average molecular weight is 371 g/mol. The Balaban J connectivity index is 1.87. The van der Waals surface area contributed by atoms with Gasteiger partial charge in [0.2, 0.25) is 0 Å². The zero-order valence-electron chi connectivity index (χ0n) is 17.0. The smallest absolute Gasteiger partial charge is 0.183 e. The van der Waals surface area contributed by atoms with Crippen molar-refractivity contribution in [1.82, 2.24) is 4.90 Å². The number of nitrogens with zero attached hydrogens (tertiary/aromatic N) is 2. The molecule has 1 aromatic carbocycles. The third-order valence-electron chi connectivity index (χ3n) is 6.22. The number of morpholine rings is 1. The number of hydrogen-bond donors (Lipinski definition) is 0. The predicted molar refractivity (Wildman–Crippen MR) is 112 cm³/mol.